The lowest BCUT2D eigenvalue weighted by Crippen LogP contribution is -2.14. The summed E-state index contributed by atoms with van der Waals surface area (Å²) in [6.07, 6.45) is 0. The number of benzene rings is 1. The Bertz CT molecular complexity index is 697. The van der Waals surface area contributed by atoms with Gasteiger partial charge < -0.3 is 10.4 Å². The van der Waals surface area contributed by atoms with E-state index in [4.69, 9.17) is 28.3 Å². The van der Waals surface area contributed by atoms with Crippen LogP contribution in [-0.4, -0.2) is 17.0 Å². The number of hydrogen-bond donors (Lipinski definition) is 2. The van der Waals surface area contributed by atoms with Crippen molar-refractivity contribution in [1.82, 2.24) is 0 Å². The van der Waals surface area contributed by atoms with E-state index in [1.807, 2.05) is 6.92 Å². The molecule has 0 bridgehead atoms. The van der Waals surface area contributed by atoms with Crippen LogP contribution in [0.5, 0.6) is 0 Å². The Morgan fingerprint density at radius 1 is 1.25 bits per heavy atom. The number of aryl methyl sites for hydroxylation is 1. The first-order valence-corrected chi connectivity index (χ1v) is 7.06. The van der Waals surface area contributed by atoms with Gasteiger partial charge in [0.05, 0.1) is 21.2 Å². The van der Waals surface area contributed by atoms with Gasteiger partial charge in [-0.05, 0) is 31.2 Å². The summed E-state index contributed by atoms with van der Waals surface area (Å²) in [7, 11) is 0. The minimum absolute atomic E-state index is 0.0413. The van der Waals surface area contributed by atoms with Crippen LogP contribution in [0.3, 0.4) is 0 Å². The third-order valence-electron chi connectivity index (χ3n) is 2.49. The van der Waals surface area contributed by atoms with E-state index in [0.29, 0.717) is 4.88 Å². The number of carbonyl (C=O) groups is 2. The highest BCUT2D eigenvalue weighted by atomic mass is 35.5. The summed E-state index contributed by atoms with van der Waals surface area (Å²) in [6.45, 7) is 1.87. The Morgan fingerprint density at radius 3 is 2.50 bits per heavy atom. The number of anilines is 1. The first-order chi connectivity index (χ1) is 9.38. The van der Waals surface area contributed by atoms with Crippen molar-refractivity contribution in [2.24, 2.45) is 0 Å². The normalized spacial score (nSPS) is 10.3. The third kappa shape index (κ3) is 3.12. The first-order valence-electron chi connectivity index (χ1n) is 5.48. The summed E-state index contributed by atoms with van der Waals surface area (Å²) in [4.78, 5) is 24.7. The number of carboxylic acids is 1. The Labute approximate surface area is 128 Å². The van der Waals surface area contributed by atoms with Crippen molar-refractivity contribution in [3.63, 3.8) is 0 Å². The Hall–Kier alpha value is -1.56. The predicted molar refractivity (Wildman–Crippen MR) is 80.4 cm³/mol. The molecule has 2 N–H and O–H groups in total. The molecule has 0 atom stereocenters. The van der Waals surface area contributed by atoms with Crippen LogP contribution in [0.25, 0.3) is 0 Å². The zero-order chi connectivity index (χ0) is 14.9. The second-order valence-corrected chi connectivity index (χ2v) is 6.11. The lowest BCUT2D eigenvalue weighted by molar-refractivity contribution is 0.0698. The number of aromatic carboxylic acids is 1. The van der Waals surface area contributed by atoms with E-state index in [1.54, 1.807) is 12.1 Å². The fourth-order valence-corrected chi connectivity index (χ4v) is 2.90. The minimum atomic E-state index is -1.22. The van der Waals surface area contributed by atoms with Gasteiger partial charge in [0.15, 0.2) is 0 Å². The van der Waals surface area contributed by atoms with E-state index in [-0.39, 0.29) is 21.3 Å². The highest BCUT2D eigenvalue weighted by molar-refractivity contribution is 7.14. The number of hydrogen-bond acceptors (Lipinski definition) is 3. The Kier molecular flexibility index (Phi) is 4.32. The molecule has 1 heterocycles. The van der Waals surface area contributed by atoms with E-state index < -0.39 is 11.9 Å². The number of halogens is 2. The van der Waals surface area contributed by atoms with E-state index in [9.17, 15) is 9.59 Å². The zero-order valence-corrected chi connectivity index (χ0v) is 12.6. The predicted octanol–water partition coefficient (Wildman–Crippen LogP) is 4.31. The topological polar surface area (TPSA) is 66.4 Å². The molecule has 2 rings (SSSR count). The van der Waals surface area contributed by atoms with Gasteiger partial charge in [-0.2, -0.15) is 0 Å². The SMILES string of the molecule is Cc1ccc(C(=O)Nc2c(Cl)cc(Cl)cc2C(=O)O)s1. The maximum absolute atomic E-state index is 12.1. The van der Waals surface area contributed by atoms with Crippen LogP contribution in [0.2, 0.25) is 10.0 Å². The van der Waals surface area contributed by atoms with Crippen LogP contribution >= 0.6 is 34.5 Å². The summed E-state index contributed by atoms with van der Waals surface area (Å²) >= 11 is 13.0. The Balaban J connectivity index is 2.38. The average molecular weight is 330 g/mol. The summed E-state index contributed by atoms with van der Waals surface area (Å²) in [6, 6.07) is 6.09. The van der Waals surface area contributed by atoms with E-state index in [2.05, 4.69) is 5.32 Å². The fraction of sp³-hybridized carbons (Fsp3) is 0.0769. The molecule has 104 valence electrons. The van der Waals surface area contributed by atoms with Crippen molar-refractivity contribution in [1.29, 1.82) is 0 Å². The van der Waals surface area contributed by atoms with Gasteiger partial charge in [-0.15, -0.1) is 11.3 Å². The molecule has 20 heavy (non-hydrogen) atoms. The minimum Gasteiger partial charge on any atom is -0.478 e. The molecule has 1 aromatic heterocycles. The van der Waals surface area contributed by atoms with Crippen LogP contribution in [0.15, 0.2) is 24.3 Å². The van der Waals surface area contributed by atoms with Gasteiger partial charge in [-0.25, -0.2) is 4.79 Å². The van der Waals surface area contributed by atoms with Crippen LogP contribution in [0.1, 0.15) is 24.9 Å². The first kappa shape index (κ1) is 14.8. The standard InChI is InChI=1S/C13H9Cl2NO3S/c1-6-2-3-10(20-6)12(17)16-11-8(13(18)19)4-7(14)5-9(11)15/h2-5H,1H3,(H,16,17)(H,18,19). The number of rotatable bonds is 3. The van der Waals surface area contributed by atoms with E-state index in [0.717, 1.165) is 4.88 Å². The molecule has 0 fully saturated rings. The largest absolute Gasteiger partial charge is 0.478 e. The molecule has 0 aliphatic rings. The lowest BCUT2D eigenvalue weighted by atomic mass is 10.1. The molecule has 0 aliphatic heterocycles. The van der Waals surface area contributed by atoms with Gasteiger partial charge in [0.1, 0.15) is 0 Å². The molecule has 0 unspecified atom stereocenters. The number of carboxylic acid groups (broad SMARTS) is 1. The number of carbonyl (C=O) groups excluding carboxylic acids is 1. The van der Waals surface area contributed by atoms with Crippen molar-refractivity contribution in [2.45, 2.75) is 6.92 Å². The Morgan fingerprint density at radius 2 is 1.95 bits per heavy atom. The second kappa shape index (κ2) is 5.83. The highest BCUT2D eigenvalue weighted by Crippen LogP contribution is 2.31. The number of amides is 1. The van der Waals surface area contributed by atoms with Crippen molar-refractivity contribution in [3.8, 4) is 0 Å². The average Bonchev–Trinajstić information content (AvgIpc) is 2.78. The van der Waals surface area contributed by atoms with Crippen LogP contribution in [0, 0.1) is 6.92 Å². The molecule has 2 aromatic rings. The summed E-state index contributed by atoms with van der Waals surface area (Å²) < 4.78 is 0. The van der Waals surface area contributed by atoms with Gasteiger partial charge in [0, 0.05) is 9.90 Å². The molecular formula is C13H9Cl2NO3S. The van der Waals surface area contributed by atoms with Gasteiger partial charge in [0.25, 0.3) is 5.91 Å². The summed E-state index contributed by atoms with van der Waals surface area (Å²) in [5, 5.41) is 11.9. The summed E-state index contributed by atoms with van der Waals surface area (Å²) in [5.74, 6) is -1.62. The molecule has 0 aliphatic carbocycles. The van der Waals surface area contributed by atoms with E-state index >= 15 is 0 Å². The highest BCUT2D eigenvalue weighted by Gasteiger charge is 2.18. The molecule has 1 amide bonds. The van der Waals surface area contributed by atoms with Gasteiger partial charge >= 0.3 is 5.97 Å². The fourth-order valence-electron chi connectivity index (χ4n) is 1.60. The van der Waals surface area contributed by atoms with Crippen molar-refractivity contribution in [2.75, 3.05) is 5.32 Å². The van der Waals surface area contributed by atoms with Crippen molar-refractivity contribution in [3.05, 3.63) is 49.6 Å². The molecular weight excluding hydrogens is 321 g/mol. The van der Waals surface area contributed by atoms with Gasteiger partial charge in [-0.3, -0.25) is 4.79 Å². The quantitative estimate of drug-likeness (QED) is 0.881. The van der Waals surface area contributed by atoms with Crippen LogP contribution in [-0.2, 0) is 0 Å². The second-order valence-electron chi connectivity index (χ2n) is 3.98. The maximum atomic E-state index is 12.1. The maximum Gasteiger partial charge on any atom is 0.337 e. The zero-order valence-electron chi connectivity index (χ0n) is 10.2. The van der Waals surface area contributed by atoms with Crippen LogP contribution in [0.4, 0.5) is 5.69 Å². The van der Waals surface area contributed by atoms with Crippen molar-refractivity contribution >= 4 is 52.1 Å². The third-order valence-corrected chi connectivity index (χ3v) is 4.00. The van der Waals surface area contributed by atoms with Gasteiger partial charge in [-0.1, -0.05) is 23.2 Å². The molecule has 1 aromatic carbocycles. The van der Waals surface area contributed by atoms with Gasteiger partial charge in [0.2, 0.25) is 0 Å². The molecule has 0 saturated heterocycles. The molecule has 0 radical (unpaired) electrons. The smallest absolute Gasteiger partial charge is 0.337 e. The van der Waals surface area contributed by atoms with Crippen LogP contribution < -0.4 is 5.32 Å². The molecule has 4 nitrogen and oxygen atoms in total. The number of nitrogens with one attached hydrogen (secondary N) is 1. The molecule has 7 heteroatoms. The monoisotopic (exact) mass is 329 g/mol. The van der Waals surface area contributed by atoms with Crippen molar-refractivity contribution < 1.29 is 14.7 Å². The molecule has 0 saturated carbocycles. The molecule has 0 spiro atoms. The van der Waals surface area contributed by atoms with E-state index in [1.165, 1.54) is 23.5 Å². The number of thiophene rings is 1. The lowest BCUT2D eigenvalue weighted by Gasteiger charge is -2.10. The summed E-state index contributed by atoms with van der Waals surface area (Å²) in [5.41, 5.74) is -0.108.